The average molecular weight is 2250 g/mol. The summed E-state index contributed by atoms with van der Waals surface area (Å²) in [6.45, 7) is 69.5. The minimum atomic E-state index is -5.05. The van der Waals surface area contributed by atoms with E-state index in [0.29, 0.717) is 51.0 Å². The van der Waals surface area contributed by atoms with Crippen LogP contribution in [0.4, 0.5) is 0 Å². The molecule has 0 saturated heterocycles. The molecule has 0 aliphatic rings. The third-order valence-electron chi connectivity index (χ3n) is 20.8. The van der Waals surface area contributed by atoms with Crippen molar-refractivity contribution >= 4 is 137 Å². The topological polar surface area (TPSA) is 197 Å². The molecule has 0 amide bonds. The SMILES string of the molecule is C=C(C)CCOPP.C=C(C)CCOPP.CC(C)=CCC/C(C)=C/CC/C(C)=C/CC/C(C)=C/CC/C(C)=C\COPP.CC(C)=CCC/C(C)=C/CC/C(C)=C/CC/C(C)=C/CC/C(C)=C\COPP.CC(C)=CCC/C(C)=C/CC/C(C)=C/CC/C(C)=C/CC/C(C)=C\COPP.CC(C)=CCC/C(C)=C/CC/C(C)=C/CC/C(C)=C/CC/C(C)=C\COPP.O=P(O)(O)OP(=O)(O)O.O=PP. The zero-order valence-electron chi connectivity index (χ0n) is 92.5. The van der Waals surface area contributed by atoms with Crippen LogP contribution in [0.1, 0.15) is 398 Å². The molecule has 0 aromatic heterocycles. The Morgan fingerprint density at radius 1 is 0.229 bits per heavy atom. The zero-order valence-corrected chi connectivity index (χ0v) is 109. The van der Waals surface area contributed by atoms with Crippen LogP contribution in [-0.2, 0) is 45.1 Å². The lowest BCUT2D eigenvalue weighted by atomic mass is 10.0. The van der Waals surface area contributed by atoms with E-state index >= 15 is 0 Å². The van der Waals surface area contributed by atoms with Crippen molar-refractivity contribution in [3.8, 4) is 0 Å². The molecule has 0 rings (SSSR count). The summed E-state index contributed by atoms with van der Waals surface area (Å²) in [5.41, 5.74) is 32.0. The molecule has 0 heterocycles. The van der Waals surface area contributed by atoms with Gasteiger partial charge in [0.05, 0.1) is 39.6 Å². The summed E-state index contributed by atoms with van der Waals surface area (Å²) >= 11 is 0. The monoisotopic (exact) mass is 2250 g/mol. The van der Waals surface area contributed by atoms with Gasteiger partial charge in [0.2, 0.25) is 0 Å². The largest absolute Gasteiger partial charge is 0.478 e. The van der Waals surface area contributed by atoms with E-state index in [1.54, 1.807) is 0 Å². The van der Waals surface area contributed by atoms with Gasteiger partial charge < -0.3 is 46.7 Å². The Morgan fingerprint density at radius 3 is 0.436 bits per heavy atom. The summed E-state index contributed by atoms with van der Waals surface area (Å²) in [7, 11) is 10.6. The van der Waals surface area contributed by atoms with Crippen molar-refractivity contribution in [2.24, 2.45) is 0 Å². The smallest absolute Gasteiger partial charge is 0.358 e. The highest BCUT2D eigenvalue weighted by molar-refractivity contribution is 8.01. The van der Waals surface area contributed by atoms with E-state index in [4.69, 9.17) is 51.3 Å². The maximum absolute atomic E-state index is 9.63. The molecule has 13 unspecified atom stereocenters. The minimum Gasteiger partial charge on any atom is -0.358 e. The van der Waals surface area contributed by atoms with Gasteiger partial charge in [-0.3, -0.25) is 4.57 Å². The summed E-state index contributed by atoms with van der Waals surface area (Å²) in [4.78, 5) is 31.0. The standard InChI is InChI=1S/4C25H44OP2.2C5H12OP2.H4O7P2.H2OP2/c4*1-21(2)11-7-12-22(3)13-8-14-23(4)15-9-16-24(5)17-10-18-25(6)19-20-26-28-27;2*1-5(2)3-4-6-8-7;1-8(2,3)7-9(4,5)6;1-3-2/h4*11,13,15,17,19,28H,7-10,12,14,16,18,20,27H2,1-6H3;2*8H,1,3-4,7H2,2H3;(H2,1,2,3)(H2,4,5,6);2H2/b4*22-13+,23-15+,24-17+,25-19-;;;;. The molecular formula is C110H206O14P16. The van der Waals surface area contributed by atoms with Crippen LogP contribution >= 0.6 is 137 Å². The van der Waals surface area contributed by atoms with Crippen molar-refractivity contribution in [2.75, 3.05) is 39.6 Å². The molecule has 0 aromatic carbocycles. The van der Waals surface area contributed by atoms with Crippen molar-refractivity contribution in [1.29, 1.82) is 0 Å². The fourth-order valence-electron chi connectivity index (χ4n) is 12.2. The number of hydrogen-bond donors (Lipinski definition) is 4. The van der Waals surface area contributed by atoms with Crippen LogP contribution in [0.15, 0.2) is 257 Å². The molecule has 0 aliphatic heterocycles. The van der Waals surface area contributed by atoms with Gasteiger partial charge in [0.1, 0.15) is 0 Å². The van der Waals surface area contributed by atoms with Crippen molar-refractivity contribution in [3.63, 3.8) is 0 Å². The third kappa shape index (κ3) is 149. The van der Waals surface area contributed by atoms with Crippen LogP contribution in [-0.4, -0.2) is 59.2 Å². The number of rotatable bonds is 70. The van der Waals surface area contributed by atoms with E-state index in [-0.39, 0.29) is 8.15 Å². The predicted octanol–water partition coefficient (Wildman–Crippen LogP) is 42.0. The molecule has 0 radical (unpaired) electrons. The molecule has 13 atom stereocenters. The Labute approximate surface area is 890 Å². The summed E-state index contributed by atoms with van der Waals surface area (Å²) in [5, 5.41) is 0. The van der Waals surface area contributed by atoms with Gasteiger partial charge in [0.15, 0.2) is 8.15 Å². The quantitative estimate of drug-likeness (QED) is 0.0255. The normalized spacial score (nSPS) is 13.7. The van der Waals surface area contributed by atoms with E-state index in [1.807, 2.05) is 22.8 Å². The van der Waals surface area contributed by atoms with Crippen LogP contribution in [0, 0.1) is 0 Å². The lowest BCUT2D eigenvalue weighted by molar-refractivity contribution is 0.225. The van der Waals surface area contributed by atoms with Crippen LogP contribution in [0.3, 0.4) is 0 Å². The fourth-order valence-corrected chi connectivity index (χ4v) is 16.3. The molecule has 140 heavy (non-hydrogen) atoms. The Balaban J connectivity index is -0.000000252. The van der Waals surface area contributed by atoms with E-state index in [2.05, 4.69) is 359 Å². The highest BCUT2D eigenvalue weighted by Gasteiger charge is 2.28. The summed E-state index contributed by atoms with van der Waals surface area (Å²) < 4.78 is 62.7. The molecule has 30 heteroatoms. The van der Waals surface area contributed by atoms with E-state index in [9.17, 15) is 9.13 Å². The summed E-state index contributed by atoms with van der Waals surface area (Å²) in [5.74, 6) is 0. The maximum Gasteiger partial charge on any atom is 0.478 e. The van der Waals surface area contributed by atoms with Gasteiger partial charge in [-0.2, -0.15) is 4.31 Å². The van der Waals surface area contributed by atoms with Gasteiger partial charge in [0, 0.05) is 51.0 Å². The number of allylic oxidation sites excluding steroid dienone is 36. The van der Waals surface area contributed by atoms with Gasteiger partial charge in [-0.1, -0.05) is 298 Å². The first-order valence-corrected chi connectivity index (χ1v) is 71.5. The Kier molecular flexibility index (Phi) is 127. The highest BCUT2D eigenvalue weighted by atomic mass is 32.0. The number of phosphoric acid groups is 2. The molecule has 0 aromatic rings. The third-order valence-corrected chi connectivity index (χ3v) is 27.6. The Morgan fingerprint density at radius 2 is 0.343 bits per heavy atom. The van der Waals surface area contributed by atoms with Crippen LogP contribution in [0.2, 0.25) is 0 Å². The van der Waals surface area contributed by atoms with Gasteiger partial charge >= 0.3 is 15.6 Å². The molecule has 810 valence electrons. The minimum absolute atomic E-state index is 0.0833. The molecule has 4 N–H and O–H groups in total. The first kappa shape index (κ1) is 155. The lowest BCUT2D eigenvalue weighted by Gasteiger charge is -2.03. The van der Waals surface area contributed by atoms with E-state index in [0.717, 1.165) is 130 Å². The molecule has 0 bridgehead atoms. The first-order chi connectivity index (χ1) is 66.0. The van der Waals surface area contributed by atoms with Gasteiger partial charge in [-0.25, -0.2) is 9.13 Å². The second-order valence-corrected chi connectivity index (χ2v) is 47.6. The summed E-state index contributed by atoms with van der Waals surface area (Å²) in [6, 6.07) is 0. The molecule has 0 aliphatic carbocycles. The van der Waals surface area contributed by atoms with Crippen molar-refractivity contribution in [3.05, 3.63) is 257 Å². The molecule has 0 spiro atoms. The predicted molar refractivity (Wildman–Crippen MR) is 671 cm³/mol. The second-order valence-electron chi connectivity index (χ2n) is 36.8. The van der Waals surface area contributed by atoms with Crippen molar-refractivity contribution < 1.29 is 64.7 Å². The molecular weight excluding hydrogens is 2040 g/mol. The number of hydrogen-bond acceptors (Lipinski definition) is 10. The first-order valence-electron chi connectivity index (χ1n) is 49.7. The van der Waals surface area contributed by atoms with Gasteiger partial charge in [-0.15, -0.1) is 13.2 Å². The molecule has 0 fully saturated rings. The van der Waals surface area contributed by atoms with E-state index < -0.39 is 15.6 Å². The molecule has 0 saturated carbocycles. The van der Waals surface area contributed by atoms with Crippen LogP contribution in [0.5, 0.6) is 0 Å². The van der Waals surface area contributed by atoms with Gasteiger partial charge in [-0.05, 0) is 407 Å². The van der Waals surface area contributed by atoms with Crippen molar-refractivity contribution in [2.45, 2.75) is 398 Å². The second kappa shape index (κ2) is 115. The Hall–Kier alpha value is -0.0100. The zero-order chi connectivity index (χ0) is 108. The summed E-state index contributed by atoms with van der Waals surface area (Å²) in [6.07, 6.45) is 86.4. The van der Waals surface area contributed by atoms with Gasteiger partial charge in [0.25, 0.3) is 0 Å². The van der Waals surface area contributed by atoms with Crippen LogP contribution in [0.25, 0.3) is 0 Å². The maximum atomic E-state index is 9.63. The average Bonchev–Trinajstić information content (AvgIpc) is 0.910. The highest BCUT2D eigenvalue weighted by Crippen LogP contribution is 2.54. The van der Waals surface area contributed by atoms with E-state index in [1.165, 1.54) is 251 Å². The fraction of sp³-hybridized carbons (Fsp3) is 0.600. The lowest BCUT2D eigenvalue weighted by Crippen LogP contribution is -1.84. The van der Waals surface area contributed by atoms with Crippen LogP contribution < -0.4 is 0 Å². The Bertz CT molecular complexity index is 3460. The van der Waals surface area contributed by atoms with Crippen molar-refractivity contribution in [1.82, 2.24) is 0 Å². The molecule has 14 nitrogen and oxygen atoms in total.